The molecular formula is C25H53N3O5. The molecule has 0 aliphatic carbocycles. The average molecular weight is 476 g/mol. The first kappa shape index (κ1) is 33.8. The molecule has 198 valence electrons. The summed E-state index contributed by atoms with van der Waals surface area (Å²) in [6.07, 6.45) is 21.3. The summed E-state index contributed by atoms with van der Waals surface area (Å²) in [6, 6.07) is -0.0705. The normalized spacial score (nSPS) is 14.5. The molecule has 3 unspecified atom stereocenters. The molecule has 0 aliphatic rings. The zero-order valence-corrected chi connectivity index (χ0v) is 21.8. The summed E-state index contributed by atoms with van der Waals surface area (Å²) in [5.74, 6) is -0.0832. The highest BCUT2D eigenvalue weighted by molar-refractivity contribution is 5.76. The van der Waals surface area contributed by atoms with E-state index >= 15 is 0 Å². The first-order valence-corrected chi connectivity index (χ1v) is 13.2. The predicted molar refractivity (Wildman–Crippen MR) is 135 cm³/mol. The Bertz CT molecular complexity index is 465. The number of hydrogen-bond donors (Lipinski definition) is 4. The van der Waals surface area contributed by atoms with Crippen LogP contribution in [0.15, 0.2) is 0 Å². The van der Waals surface area contributed by atoms with Crippen LogP contribution in [-0.4, -0.2) is 33.1 Å². The zero-order chi connectivity index (χ0) is 25.5. The van der Waals surface area contributed by atoms with E-state index in [1.54, 1.807) is 6.92 Å². The van der Waals surface area contributed by atoms with E-state index in [4.69, 9.17) is 21.1 Å². The Morgan fingerprint density at radius 3 is 1.55 bits per heavy atom. The van der Waals surface area contributed by atoms with Crippen molar-refractivity contribution in [3.63, 3.8) is 0 Å². The minimum absolute atomic E-state index is 0.0705. The second kappa shape index (κ2) is 22.4. The molecule has 0 fully saturated rings. The van der Waals surface area contributed by atoms with Crippen molar-refractivity contribution in [1.29, 1.82) is 0 Å². The van der Waals surface area contributed by atoms with Crippen LogP contribution in [-0.2, 0) is 4.79 Å². The first-order valence-electron chi connectivity index (χ1n) is 13.2. The molecule has 0 heterocycles. The summed E-state index contributed by atoms with van der Waals surface area (Å²) >= 11 is 0. The number of nitrogens with two attached hydrogens (primary N) is 1. The van der Waals surface area contributed by atoms with Crippen molar-refractivity contribution in [3.8, 4) is 0 Å². The maximum atomic E-state index is 12.1. The number of aliphatic hydroxyl groups is 1. The van der Waals surface area contributed by atoms with E-state index in [0.29, 0.717) is 6.42 Å². The summed E-state index contributed by atoms with van der Waals surface area (Å²) in [5, 5.41) is 26.6. The third-order valence-corrected chi connectivity index (χ3v) is 6.32. The molecule has 0 radical (unpaired) electrons. The Labute approximate surface area is 202 Å². The monoisotopic (exact) mass is 475 g/mol. The molecule has 0 spiro atoms. The van der Waals surface area contributed by atoms with E-state index in [1.165, 1.54) is 83.5 Å². The van der Waals surface area contributed by atoms with Crippen LogP contribution in [0.5, 0.6) is 0 Å². The Morgan fingerprint density at radius 2 is 1.24 bits per heavy atom. The number of hydrogen-bond acceptors (Lipinski definition) is 5. The van der Waals surface area contributed by atoms with Gasteiger partial charge < -0.3 is 21.4 Å². The van der Waals surface area contributed by atoms with Gasteiger partial charge in [-0.1, -0.05) is 111 Å². The zero-order valence-electron chi connectivity index (χ0n) is 21.8. The molecular weight excluding hydrogens is 422 g/mol. The highest BCUT2D eigenvalue weighted by atomic mass is 16.9. The van der Waals surface area contributed by atoms with Crippen LogP contribution in [0, 0.1) is 16.0 Å². The summed E-state index contributed by atoms with van der Waals surface area (Å²) < 4.78 is 0. The fraction of sp³-hybridized carbons (Fsp3) is 0.960. The number of unbranched alkanes of at least 4 members (excludes halogenated alkanes) is 14. The average Bonchev–Trinajstić information content (AvgIpc) is 2.73. The van der Waals surface area contributed by atoms with Gasteiger partial charge in [0.25, 0.3) is 5.09 Å². The minimum atomic E-state index is -1.50. The van der Waals surface area contributed by atoms with Crippen molar-refractivity contribution >= 4 is 5.91 Å². The second-order valence-electron chi connectivity index (χ2n) is 9.53. The van der Waals surface area contributed by atoms with Crippen LogP contribution in [0.4, 0.5) is 0 Å². The van der Waals surface area contributed by atoms with Crippen molar-refractivity contribution in [2.75, 3.05) is 0 Å². The molecule has 8 heteroatoms. The van der Waals surface area contributed by atoms with Gasteiger partial charge in [-0.05, 0) is 19.8 Å². The van der Waals surface area contributed by atoms with Gasteiger partial charge in [0.1, 0.15) is 5.72 Å². The molecule has 33 heavy (non-hydrogen) atoms. The number of rotatable bonds is 20. The van der Waals surface area contributed by atoms with E-state index in [9.17, 15) is 9.90 Å². The molecule has 0 aromatic rings. The second-order valence-corrected chi connectivity index (χ2v) is 9.53. The molecule has 0 saturated heterocycles. The van der Waals surface area contributed by atoms with Crippen molar-refractivity contribution in [1.82, 2.24) is 5.32 Å². The number of carbonyl (C=O) groups excluding carboxylic acids is 1. The van der Waals surface area contributed by atoms with E-state index in [1.807, 2.05) is 13.8 Å². The van der Waals surface area contributed by atoms with E-state index in [2.05, 4.69) is 12.2 Å². The van der Waals surface area contributed by atoms with Crippen molar-refractivity contribution in [2.24, 2.45) is 11.7 Å². The highest BCUT2D eigenvalue weighted by Gasteiger charge is 2.30. The van der Waals surface area contributed by atoms with Crippen LogP contribution < -0.4 is 11.1 Å². The van der Waals surface area contributed by atoms with Gasteiger partial charge in [0, 0.05) is 18.4 Å². The SMILES string of the molecule is CCCCCCCCCCCCCCCCCC(=O)NC(CC)C(C)C(C)(N)O.O=[N+]([O-])O. The van der Waals surface area contributed by atoms with E-state index in [0.717, 1.165) is 19.3 Å². The number of carbonyl (C=O) groups is 1. The third-order valence-electron chi connectivity index (χ3n) is 6.32. The maximum absolute atomic E-state index is 12.1. The van der Waals surface area contributed by atoms with Crippen LogP contribution in [0.3, 0.4) is 0 Å². The van der Waals surface area contributed by atoms with Crippen molar-refractivity contribution in [2.45, 2.75) is 149 Å². The Morgan fingerprint density at radius 1 is 0.909 bits per heavy atom. The smallest absolute Gasteiger partial charge is 0.291 e. The molecule has 0 saturated carbocycles. The number of nitrogens with zero attached hydrogens (tertiary/aromatic N) is 1. The van der Waals surface area contributed by atoms with Gasteiger partial charge in [-0.2, -0.15) is 0 Å². The lowest BCUT2D eigenvalue weighted by atomic mass is 9.90. The van der Waals surface area contributed by atoms with Gasteiger partial charge in [-0.15, -0.1) is 10.1 Å². The van der Waals surface area contributed by atoms with E-state index < -0.39 is 10.8 Å². The summed E-state index contributed by atoms with van der Waals surface area (Å²) in [7, 11) is 0. The molecule has 3 atom stereocenters. The fourth-order valence-electron chi connectivity index (χ4n) is 3.92. The van der Waals surface area contributed by atoms with Crippen LogP contribution in [0.2, 0.25) is 0 Å². The quantitative estimate of drug-likeness (QED) is 0.0726. The molecule has 0 aromatic heterocycles. The van der Waals surface area contributed by atoms with Gasteiger partial charge in [0.05, 0.1) is 0 Å². The lowest BCUT2D eigenvalue weighted by Crippen LogP contribution is -2.53. The van der Waals surface area contributed by atoms with Crippen LogP contribution in [0.1, 0.15) is 137 Å². The lowest BCUT2D eigenvalue weighted by Gasteiger charge is -2.33. The molecule has 1 amide bonds. The third kappa shape index (κ3) is 25.1. The fourth-order valence-corrected chi connectivity index (χ4v) is 3.92. The van der Waals surface area contributed by atoms with Gasteiger partial charge >= 0.3 is 0 Å². The van der Waals surface area contributed by atoms with E-state index in [-0.39, 0.29) is 17.9 Å². The predicted octanol–water partition coefficient (Wildman–Crippen LogP) is 6.10. The van der Waals surface area contributed by atoms with Gasteiger partial charge in [0.15, 0.2) is 0 Å². The summed E-state index contributed by atoms with van der Waals surface area (Å²) in [6.45, 7) is 7.78. The summed E-state index contributed by atoms with van der Waals surface area (Å²) in [4.78, 5) is 20.5. The largest absolute Gasteiger partial charge is 0.376 e. The first-order chi connectivity index (χ1) is 15.6. The Balaban J connectivity index is 0. The number of amides is 1. The molecule has 0 aromatic carbocycles. The topological polar surface area (TPSA) is 139 Å². The maximum Gasteiger partial charge on any atom is 0.291 e. The molecule has 0 rings (SSSR count). The van der Waals surface area contributed by atoms with Gasteiger partial charge in [-0.3, -0.25) is 4.79 Å². The molecule has 0 aliphatic heterocycles. The van der Waals surface area contributed by atoms with Gasteiger partial charge in [0.2, 0.25) is 5.91 Å². The van der Waals surface area contributed by atoms with Crippen LogP contribution >= 0.6 is 0 Å². The van der Waals surface area contributed by atoms with Crippen LogP contribution in [0.25, 0.3) is 0 Å². The summed E-state index contributed by atoms with van der Waals surface area (Å²) in [5.41, 5.74) is 4.51. The van der Waals surface area contributed by atoms with Crippen molar-refractivity contribution in [3.05, 3.63) is 10.1 Å². The Hall–Kier alpha value is -1.41. The lowest BCUT2D eigenvalue weighted by molar-refractivity contribution is -0.742. The number of nitrogens with one attached hydrogen (secondary N) is 1. The Kier molecular flexibility index (Phi) is 22.9. The highest BCUT2D eigenvalue weighted by Crippen LogP contribution is 2.18. The minimum Gasteiger partial charge on any atom is -0.376 e. The molecule has 0 bridgehead atoms. The van der Waals surface area contributed by atoms with Gasteiger partial charge in [-0.25, -0.2) is 0 Å². The molecule has 5 N–H and O–H groups in total. The molecule has 8 nitrogen and oxygen atoms in total. The van der Waals surface area contributed by atoms with Crippen molar-refractivity contribution < 1.29 is 20.2 Å². The standard InChI is InChI=1S/C25H52N2O2.HNO3/c1-5-7-8-9-10-11-12-13-14-15-16-17-18-19-20-21-24(28)27-23(6-2)22(3)25(4,26)29;2-1(3)4/h22-23,29H,5-21,26H2,1-4H3,(H,27,28);(H,2,3,4).